The lowest BCUT2D eigenvalue weighted by Crippen LogP contribution is -2.50. The van der Waals surface area contributed by atoms with Crippen LogP contribution in [0.4, 0.5) is 10.6 Å². The molecule has 0 aliphatic carbocycles. The summed E-state index contributed by atoms with van der Waals surface area (Å²) in [7, 11) is 1.57. The minimum atomic E-state index is -0.515. The molecule has 0 N–H and O–H groups in total. The van der Waals surface area contributed by atoms with Crippen LogP contribution in [0.5, 0.6) is 6.01 Å². The Morgan fingerprint density at radius 3 is 2.41 bits per heavy atom. The first-order chi connectivity index (χ1) is 17.7. The molecule has 10 heteroatoms. The van der Waals surface area contributed by atoms with E-state index in [9.17, 15) is 4.79 Å². The van der Waals surface area contributed by atoms with Crippen molar-refractivity contribution in [3.63, 3.8) is 0 Å². The van der Waals surface area contributed by atoms with Gasteiger partial charge in [-0.25, -0.2) is 9.48 Å². The maximum Gasteiger partial charge on any atom is 0.410 e. The molecule has 2 aromatic heterocycles. The zero-order valence-corrected chi connectivity index (χ0v) is 22.4. The predicted molar refractivity (Wildman–Crippen MR) is 141 cm³/mol. The van der Waals surface area contributed by atoms with Crippen molar-refractivity contribution in [2.45, 2.75) is 52.1 Å². The van der Waals surface area contributed by atoms with Crippen molar-refractivity contribution in [2.75, 3.05) is 51.4 Å². The van der Waals surface area contributed by atoms with Crippen LogP contribution < -0.4 is 9.64 Å². The molecule has 37 heavy (non-hydrogen) atoms. The molecule has 10 nitrogen and oxygen atoms in total. The number of aromatic nitrogens is 4. The number of ether oxygens (including phenoxy) is 3. The molecule has 2 aliphatic rings. The summed E-state index contributed by atoms with van der Waals surface area (Å²) in [5, 5.41) is 5.75. The quantitative estimate of drug-likeness (QED) is 0.520. The smallest absolute Gasteiger partial charge is 0.410 e. The molecule has 1 amide bonds. The number of hydrogen-bond acceptors (Lipinski definition) is 8. The van der Waals surface area contributed by atoms with Crippen LogP contribution in [0, 0.1) is 6.92 Å². The molecule has 0 radical (unpaired) electrons. The van der Waals surface area contributed by atoms with E-state index in [0.29, 0.717) is 37.9 Å². The zero-order chi connectivity index (χ0) is 26.2. The first-order valence-electron chi connectivity index (χ1n) is 12.9. The summed E-state index contributed by atoms with van der Waals surface area (Å²) >= 11 is 0. The SMILES string of the molecule is COc1nc(N2CCN(C(=O)OC(C)(C)C)CC2)cc(-n2ncc3cc(C)c(C4CCOCC4)cc32)n1. The van der Waals surface area contributed by atoms with Crippen molar-refractivity contribution in [1.29, 1.82) is 0 Å². The van der Waals surface area contributed by atoms with Gasteiger partial charge in [0.15, 0.2) is 5.82 Å². The van der Waals surface area contributed by atoms with E-state index in [1.165, 1.54) is 11.1 Å². The fourth-order valence-electron chi connectivity index (χ4n) is 5.04. The monoisotopic (exact) mass is 508 g/mol. The Kier molecular flexibility index (Phi) is 6.94. The molecule has 0 spiro atoms. The number of nitrogens with zero attached hydrogens (tertiary/aromatic N) is 6. The van der Waals surface area contributed by atoms with E-state index in [-0.39, 0.29) is 12.1 Å². The van der Waals surface area contributed by atoms with E-state index in [4.69, 9.17) is 14.2 Å². The Labute approximate surface area is 217 Å². The molecule has 1 aromatic carbocycles. The van der Waals surface area contributed by atoms with Gasteiger partial charge in [-0.1, -0.05) is 0 Å². The van der Waals surface area contributed by atoms with Crippen LogP contribution in [-0.2, 0) is 9.47 Å². The van der Waals surface area contributed by atoms with Crippen molar-refractivity contribution in [3.8, 4) is 11.8 Å². The minimum absolute atomic E-state index is 0.280. The number of benzene rings is 1. The van der Waals surface area contributed by atoms with Crippen molar-refractivity contribution in [3.05, 3.63) is 35.5 Å². The van der Waals surface area contributed by atoms with Crippen LogP contribution in [0.15, 0.2) is 24.4 Å². The lowest BCUT2D eigenvalue weighted by molar-refractivity contribution is 0.0240. The summed E-state index contributed by atoms with van der Waals surface area (Å²) < 4.78 is 18.4. The van der Waals surface area contributed by atoms with E-state index in [2.05, 4.69) is 39.0 Å². The molecule has 4 heterocycles. The summed E-state index contributed by atoms with van der Waals surface area (Å²) in [4.78, 5) is 25.6. The third-order valence-electron chi connectivity index (χ3n) is 6.95. The van der Waals surface area contributed by atoms with Crippen molar-refractivity contribution < 1.29 is 19.0 Å². The summed E-state index contributed by atoms with van der Waals surface area (Å²) in [5.41, 5.74) is 3.12. The van der Waals surface area contributed by atoms with Gasteiger partial charge < -0.3 is 24.0 Å². The van der Waals surface area contributed by atoms with Gasteiger partial charge in [0.2, 0.25) is 0 Å². The number of carbonyl (C=O) groups excluding carboxylic acids is 1. The highest BCUT2D eigenvalue weighted by Crippen LogP contribution is 2.33. The summed E-state index contributed by atoms with van der Waals surface area (Å²) in [6, 6.07) is 6.68. The van der Waals surface area contributed by atoms with E-state index in [0.717, 1.165) is 42.8 Å². The molecule has 0 unspecified atom stereocenters. The van der Waals surface area contributed by atoms with Gasteiger partial charge in [0.1, 0.15) is 11.4 Å². The lowest BCUT2D eigenvalue weighted by Gasteiger charge is -2.36. The van der Waals surface area contributed by atoms with E-state index in [1.807, 2.05) is 37.7 Å². The van der Waals surface area contributed by atoms with Crippen molar-refractivity contribution in [1.82, 2.24) is 24.6 Å². The zero-order valence-electron chi connectivity index (χ0n) is 22.4. The number of carbonyl (C=O) groups is 1. The highest BCUT2D eigenvalue weighted by molar-refractivity contribution is 5.82. The highest BCUT2D eigenvalue weighted by atomic mass is 16.6. The molecule has 2 aliphatic heterocycles. The summed E-state index contributed by atoms with van der Waals surface area (Å²) in [6.45, 7) is 11.8. The third kappa shape index (κ3) is 5.49. The van der Waals surface area contributed by atoms with Crippen LogP contribution >= 0.6 is 0 Å². The largest absolute Gasteiger partial charge is 0.467 e. The average Bonchev–Trinajstić information content (AvgIpc) is 3.30. The first-order valence-corrected chi connectivity index (χ1v) is 12.9. The van der Waals surface area contributed by atoms with Crippen LogP contribution in [-0.4, -0.2) is 82.8 Å². The second kappa shape index (κ2) is 10.2. The molecular weight excluding hydrogens is 472 g/mol. The van der Waals surface area contributed by atoms with Gasteiger partial charge in [-0.3, -0.25) is 0 Å². The lowest BCUT2D eigenvalue weighted by atomic mass is 9.88. The van der Waals surface area contributed by atoms with Crippen LogP contribution in [0.3, 0.4) is 0 Å². The molecule has 5 rings (SSSR count). The molecule has 0 saturated carbocycles. The molecular formula is C27H36N6O4. The number of rotatable bonds is 4. The minimum Gasteiger partial charge on any atom is -0.467 e. The van der Waals surface area contributed by atoms with Gasteiger partial charge in [-0.2, -0.15) is 15.1 Å². The Balaban J connectivity index is 1.42. The summed E-state index contributed by atoms with van der Waals surface area (Å²) in [6.07, 6.45) is 3.65. The molecule has 0 bridgehead atoms. The Bertz CT molecular complexity index is 1270. The van der Waals surface area contributed by atoms with Gasteiger partial charge in [-0.15, -0.1) is 0 Å². The number of amides is 1. The predicted octanol–water partition coefficient (Wildman–Crippen LogP) is 4.08. The van der Waals surface area contributed by atoms with Crippen molar-refractivity contribution in [2.24, 2.45) is 0 Å². The normalized spacial score (nSPS) is 17.3. The van der Waals surface area contributed by atoms with Crippen LogP contribution in [0.2, 0.25) is 0 Å². The Morgan fingerprint density at radius 1 is 1.03 bits per heavy atom. The third-order valence-corrected chi connectivity index (χ3v) is 6.95. The standard InChI is InChI=1S/C27H36N6O4/c1-18-14-20-17-28-33(22(20)15-21(18)19-6-12-36-13-7-19)24-16-23(29-25(30-24)35-5)31-8-10-32(11-9-31)26(34)37-27(2,3)4/h14-17,19H,6-13H2,1-5H3. The van der Waals surface area contributed by atoms with Gasteiger partial charge in [-0.05, 0) is 69.7 Å². The fraction of sp³-hybridized carbons (Fsp3) is 0.556. The molecule has 3 aromatic rings. The fourth-order valence-corrected chi connectivity index (χ4v) is 5.04. The maximum absolute atomic E-state index is 12.5. The number of anilines is 1. The van der Waals surface area contributed by atoms with Gasteiger partial charge in [0.05, 0.1) is 18.8 Å². The number of fused-ring (bicyclic) bond motifs is 1. The molecule has 2 saturated heterocycles. The topological polar surface area (TPSA) is 94.8 Å². The van der Waals surface area contributed by atoms with Crippen LogP contribution in [0.1, 0.15) is 50.7 Å². The number of methoxy groups -OCH3 is 1. The average molecular weight is 509 g/mol. The molecule has 2 fully saturated rings. The molecule has 198 valence electrons. The Morgan fingerprint density at radius 2 is 1.73 bits per heavy atom. The first kappa shape index (κ1) is 25.3. The number of hydrogen-bond donors (Lipinski definition) is 0. The van der Waals surface area contributed by atoms with Gasteiger partial charge >= 0.3 is 12.1 Å². The summed E-state index contributed by atoms with van der Waals surface area (Å²) in [5.74, 6) is 1.87. The molecule has 0 atom stereocenters. The number of piperazine rings is 1. The van der Waals surface area contributed by atoms with E-state index in [1.54, 1.807) is 12.0 Å². The Hall–Kier alpha value is -3.40. The second-order valence-corrected chi connectivity index (χ2v) is 10.7. The van der Waals surface area contributed by atoms with E-state index >= 15 is 0 Å². The van der Waals surface area contributed by atoms with E-state index < -0.39 is 5.60 Å². The van der Waals surface area contributed by atoms with Crippen LogP contribution in [0.25, 0.3) is 16.7 Å². The second-order valence-electron chi connectivity index (χ2n) is 10.7. The number of aryl methyl sites for hydroxylation is 1. The van der Waals surface area contributed by atoms with Gasteiger partial charge in [0.25, 0.3) is 0 Å². The van der Waals surface area contributed by atoms with Crippen molar-refractivity contribution >= 4 is 22.8 Å². The highest BCUT2D eigenvalue weighted by Gasteiger charge is 2.27. The van der Waals surface area contributed by atoms with Gasteiger partial charge in [0, 0.05) is 50.8 Å². The maximum atomic E-state index is 12.5.